The monoisotopic (exact) mass is 121 g/mol. The lowest BCUT2D eigenvalue weighted by Gasteiger charge is -2.07. The van der Waals surface area contributed by atoms with Gasteiger partial charge in [-0.05, 0) is 5.92 Å². The summed E-state index contributed by atoms with van der Waals surface area (Å²) in [5.74, 6) is -1.65. The number of rotatable bonds is 2. The van der Waals surface area contributed by atoms with Crippen LogP contribution in [0.5, 0.6) is 0 Å². The van der Waals surface area contributed by atoms with Crippen molar-refractivity contribution < 1.29 is 11.3 Å². The van der Waals surface area contributed by atoms with Gasteiger partial charge in [0.1, 0.15) is 6.02 Å². The maximum Gasteiger partial charge on any atom is 0.320 e. The second-order valence-electron chi connectivity index (χ2n) is 1.92. The lowest BCUT2D eigenvalue weighted by Crippen LogP contribution is -2.34. The van der Waals surface area contributed by atoms with Crippen molar-refractivity contribution in [3.8, 4) is 0 Å². The molecular weight excluding hydrogens is 109 g/mol. The third-order valence-electron chi connectivity index (χ3n) is 0.869. The average molecular weight is 121 g/mol. The fraction of sp³-hybridized carbons (Fsp3) is 0.800. The highest BCUT2D eigenvalue weighted by Gasteiger charge is 2.14. The molecule has 0 radical (unpaired) electrons. The van der Waals surface area contributed by atoms with E-state index in [4.69, 9.17) is 12.2 Å². The Balaban J connectivity index is 4.19. The third-order valence-corrected chi connectivity index (χ3v) is 0.869. The second-order valence-corrected chi connectivity index (χ2v) is 1.92. The SMILES string of the molecule is [2H]C(N)(C(=O)O)[13CH]([13CH3])[13CH3]. The molecule has 0 saturated heterocycles. The standard InChI is InChI=1S/C5H11NO2/c1-3(2)4(6)5(7)8/h3-4H,6H2,1-2H3,(H,7,8)/i1+1,2+1,3+1,4D. The van der Waals surface area contributed by atoms with E-state index in [0.717, 1.165) is 0 Å². The number of carboxylic acids is 1. The van der Waals surface area contributed by atoms with Gasteiger partial charge in [0.2, 0.25) is 0 Å². The van der Waals surface area contributed by atoms with Gasteiger partial charge in [0.15, 0.2) is 0 Å². The first kappa shape index (κ1) is 5.56. The summed E-state index contributed by atoms with van der Waals surface area (Å²) < 4.78 is 7.01. The molecule has 0 aliphatic heterocycles. The maximum absolute atomic E-state index is 10.2. The Morgan fingerprint density at radius 1 is 1.88 bits per heavy atom. The lowest BCUT2D eigenvalue weighted by molar-refractivity contribution is -0.139. The van der Waals surface area contributed by atoms with Crippen molar-refractivity contribution in [3.63, 3.8) is 0 Å². The zero-order valence-corrected chi connectivity index (χ0v) is 5.01. The van der Waals surface area contributed by atoms with Crippen LogP contribution >= 0.6 is 0 Å². The summed E-state index contributed by atoms with van der Waals surface area (Å²) in [6.45, 7) is 3.20. The fourth-order valence-corrected chi connectivity index (χ4v) is 0.247. The van der Waals surface area contributed by atoms with E-state index in [-0.39, 0.29) is 5.92 Å². The minimum absolute atomic E-state index is 0.366. The first-order valence-corrected chi connectivity index (χ1v) is 2.41. The Labute approximate surface area is 49.9 Å². The van der Waals surface area contributed by atoms with Gasteiger partial charge in [-0.2, -0.15) is 0 Å². The molecule has 0 spiro atoms. The molecule has 0 aliphatic carbocycles. The van der Waals surface area contributed by atoms with E-state index in [1.807, 2.05) is 0 Å². The molecule has 0 rings (SSSR count). The number of carboxylic acid groups (broad SMARTS) is 1. The van der Waals surface area contributed by atoms with E-state index in [0.29, 0.717) is 0 Å². The molecule has 0 saturated carbocycles. The normalized spacial score (nSPS) is 19.8. The Morgan fingerprint density at radius 2 is 2.25 bits per heavy atom. The van der Waals surface area contributed by atoms with Crippen molar-refractivity contribution in [2.24, 2.45) is 11.7 Å². The fourth-order valence-electron chi connectivity index (χ4n) is 0.247. The molecule has 0 fully saturated rings. The zero-order chi connectivity index (χ0) is 7.65. The van der Waals surface area contributed by atoms with Gasteiger partial charge in [-0.1, -0.05) is 13.8 Å². The second kappa shape index (κ2) is 2.67. The number of hydrogen-bond acceptors (Lipinski definition) is 2. The summed E-state index contributed by atoms with van der Waals surface area (Å²) in [6, 6.07) is -1.83. The van der Waals surface area contributed by atoms with E-state index in [9.17, 15) is 4.79 Å². The summed E-state index contributed by atoms with van der Waals surface area (Å²) >= 11 is 0. The number of nitrogens with two attached hydrogens (primary N) is 1. The van der Waals surface area contributed by atoms with Crippen molar-refractivity contribution in [2.75, 3.05) is 0 Å². The highest BCUT2D eigenvalue weighted by molar-refractivity contribution is 5.73. The number of carbonyl (C=O) groups is 1. The minimum Gasteiger partial charge on any atom is -0.480 e. The molecule has 0 aliphatic rings. The van der Waals surface area contributed by atoms with Crippen molar-refractivity contribution in [1.29, 1.82) is 0 Å². The molecule has 0 aromatic rings. The van der Waals surface area contributed by atoms with Gasteiger partial charge in [0.05, 0.1) is 1.37 Å². The van der Waals surface area contributed by atoms with E-state index < -0.39 is 12.0 Å². The number of hydrogen-bond donors (Lipinski definition) is 2. The van der Waals surface area contributed by atoms with Gasteiger partial charge in [-0.3, -0.25) is 4.79 Å². The van der Waals surface area contributed by atoms with Crippen LogP contribution in [-0.2, 0) is 4.79 Å². The summed E-state index contributed by atoms with van der Waals surface area (Å²) in [5.41, 5.74) is 5.07. The van der Waals surface area contributed by atoms with Crippen molar-refractivity contribution in [3.05, 3.63) is 0 Å². The van der Waals surface area contributed by atoms with Gasteiger partial charge < -0.3 is 10.8 Å². The van der Waals surface area contributed by atoms with Crippen LogP contribution < -0.4 is 5.73 Å². The molecule has 48 valence electrons. The topological polar surface area (TPSA) is 63.3 Å². The minimum atomic E-state index is -1.83. The van der Waals surface area contributed by atoms with Crippen molar-refractivity contribution in [1.82, 2.24) is 0 Å². The van der Waals surface area contributed by atoms with Gasteiger partial charge in [0.25, 0.3) is 0 Å². The Hall–Kier alpha value is -0.570. The summed E-state index contributed by atoms with van der Waals surface area (Å²) in [4.78, 5) is 10.2. The first-order valence-electron chi connectivity index (χ1n) is 2.91. The summed E-state index contributed by atoms with van der Waals surface area (Å²) in [5, 5.41) is 8.30. The molecule has 8 heavy (non-hydrogen) atoms. The van der Waals surface area contributed by atoms with E-state index in [2.05, 4.69) is 0 Å². The van der Waals surface area contributed by atoms with Gasteiger partial charge in [-0.15, -0.1) is 0 Å². The van der Waals surface area contributed by atoms with Crippen LogP contribution in [0, 0.1) is 5.92 Å². The summed E-state index contributed by atoms with van der Waals surface area (Å²) in [6.07, 6.45) is 0. The van der Waals surface area contributed by atoms with Crippen LogP contribution in [-0.4, -0.2) is 17.1 Å². The van der Waals surface area contributed by atoms with Gasteiger partial charge >= 0.3 is 5.97 Å². The molecule has 0 heterocycles. The largest absolute Gasteiger partial charge is 0.480 e. The number of aliphatic carboxylic acids is 1. The van der Waals surface area contributed by atoms with Crippen molar-refractivity contribution in [2.45, 2.75) is 19.9 Å². The highest BCUT2D eigenvalue weighted by atomic mass is 16.4. The van der Waals surface area contributed by atoms with Crippen LogP contribution in [0.3, 0.4) is 0 Å². The van der Waals surface area contributed by atoms with Crippen LogP contribution in [0.2, 0.25) is 0 Å². The zero-order valence-electron chi connectivity index (χ0n) is 6.01. The van der Waals surface area contributed by atoms with Gasteiger partial charge in [-0.25, -0.2) is 0 Å². The molecule has 0 bridgehead atoms. The third kappa shape index (κ3) is 1.93. The Kier molecular flexibility index (Phi) is 1.86. The molecular formula is C5H11NO2. The first-order chi connectivity index (χ1) is 3.89. The molecule has 0 amide bonds. The lowest BCUT2D eigenvalue weighted by atomic mass is 10.4. The summed E-state index contributed by atoms with van der Waals surface area (Å²) in [7, 11) is 0. The van der Waals surface area contributed by atoms with E-state index in [1.54, 1.807) is 13.8 Å². The van der Waals surface area contributed by atoms with Gasteiger partial charge in [0, 0.05) is 0 Å². The smallest absolute Gasteiger partial charge is 0.320 e. The molecule has 1 atom stereocenters. The Morgan fingerprint density at radius 3 is 2.25 bits per heavy atom. The van der Waals surface area contributed by atoms with Crippen LogP contribution in [0.25, 0.3) is 0 Å². The van der Waals surface area contributed by atoms with Crippen LogP contribution in [0.15, 0.2) is 0 Å². The van der Waals surface area contributed by atoms with Crippen LogP contribution in [0.1, 0.15) is 15.2 Å². The van der Waals surface area contributed by atoms with Crippen molar-refractivity contribution >= 4 is 5.97 Å². The molecule has 3 heteroatoms. The molecule has 0 aromatic heterocycles. The predicted octanol–water partition coefficient (Wildman–Crippen LogP) is 0.0543. The van der Waals surface area contributed by atoms with E-state index >= 15 is 0 Å². The van der Waals surface area contributed by atoms with Crippen LogP contribution in [0.4, 0.5) is 0 Å². The highest BCUT2D eigenvalue weighted by Crippen LogP contribution is 1.96. The molecule has 1 unspecified atom stereocenters. The Bertz CT molecular complexity index is 122. The molecule has 3 nitrogen and oxygen atoms in total. The average Bonchev–Trinajstić information content (AvgIpc) is 1.65. The maximum atomic E-state index is 10.2. The molecule has 0 aromatic carbocycles. The predicted molar refractivity (Wildman–Crippen MR) is 30.4 cm³/mol. The van der Waals surface area contributed by atoms with E-state index in [1.165, 1.54) is 0 Å². The quantitative estimate of drug-likeness (QED) is 0.507. The molecule has 3 N–H and O–H groups in total.